The van der Waals surface area contributed by atoms with Gasteiger partial charge < -0.3 is 10.1 Å². The Balaban J connectivity index is 1.79. The molecule has 3 unspecified atom stereocenters. The van der Waals surface area contributed by atoms with Crippen LogP contribution in [0.5, 0.6) is 0 Å². The molecule has 3 N–H and O–H groups in total. The monoisotopic (exact) mass is 374 g/mol. The first-order valence-corrected chi connectivity index (χ1v) is 8.97. The number of amides is 1. The van der Waals surface area contributed by atoms with Gasteiger partial charge in [-0.2, -0.15) is 0 Å². The van der Waals surface area contributed by atoms with Gasteiger partial charge in [0.1, 0.15) is 0 Å². The molecule has 0 aliphatic carbocycles. The minimum atomic E-state index is -3.88. The van der Waals surface area contributed by atoms with E-state index in [4.69, 9.17) is 9.88 Å². The van der Waals surface area contributed by atoms with Crippen LogP contribution in [-0.4, -0.2) is 32.6 Å². The number of nitrogens with one attached hydrogen (secondary N) is 1. The number of nitrogens with two attached hydrogens (primary N) is 1. The van der Waals surface area contributed by atoms with Crippen LogP contribution >= 0.6 is 15.9 Å². The molecule has 1 aromatic rings. The minimum absolute atomic E-state index is 0.00201. The van der Waals surface area contributed by atoms with Crippen molar-refractivity contribution in [2.45, 2.75) is 42.4 Å². The molecule has 2 heterocycles. The molecule has 1 amide bonds. The minimum Gasteiger partial charge on any atom is -0.373 e. The third-order valence-corrected chi connectivity index (χ3v) is 5.83. The van der Waals surface area contributed by atoms with Crippen LogP contribution < -0.4 is 10.5 Å². The zero-order chi connectivity index (χ0) is 15.2. The number of rotatable bonds is 3. The molecule has 21 heavy (non-hydrogen) atoms. The summed E-state index contributed by atoms with van der Waals surface area (Å²) in [6, 6.07) is 4.34. The fourth-order valence-electron chi connectivity index (χ4n) is 2.90. The Morgan fingerprint density at radius 2 is 2.14 bits per heavy atom. The van der Waals surface area contributed by atoms with Crippen molar-refractivity contribution in [3.63, 3.8) is 0 Å². The summed E-state index contributed by atoms with van der Waals surface area (Å²) >= 11 is 3.12. The van der Waals surface area contributed by atoms with Crippen LogP contribution in [0.4, 0.5) is 0 Å². The first-order chi connectivity index (χ1) is 9.84. The van der Waals surface area contributed by atoms with E-state index in [0.29, 0.717) is 4.47 Å². The summed E-state index contributed by atoms with van der Waals surface area (Å²) in [7, 11) is -3.88. The molecule has 6 nitrogen and oxygen atoms in total. The van der Waals surface area contributed by atoms with E-state index in [-0.39, 0.29) is 34.6 Å². The van der Waals surface area contributed by atoms with Crippen LogP contribution in [0.15, 0.2) is 27.6 Å². The fourth-order valence-corrected chi connectivity index (χ4v) is 4.46. The van der Waals surface area contributed by atoms with Crippen LogP contribution in [0.1, 0.15) is 29.6 Å². The number of benzene rings is 1. The molecule has 2 bridgehead atoms. The number of halogens is 1. The van der Waals surface area contributed by atoms with E-state index in [2.05, 4.69) is 21.2 Å². The van der Waals surface area contributed by atoms with Crippen molar-refractivity contribution < 1.29 is 17.9 Å². The van der Waals surface area contributed by atoms with Crippen molar-refractivity contribution >= 4 is 31.9 Å². The standard InChI is InChI=1S/C13H15BrN2O4S/c14-9-3-1-7(5-12(9)21(15,18)19)13(17)16-10-6-8-2-4-11(10)20-8/h1,3,5,8,10-11H,2,4,6H2,(H,16,17)(H2,15,18,19). The average molecular weight is 375 g/mol. The topological polar surface area (TPSA) is 98.5 Å². The molecule has 114 valence electrons. The van der Waals surface area contributed by atoms with Gasteiger partial charge in [-0.1, -0.05) is 0 Å². The summed E-state index contributed by atoms with van der Waals surface area (Å²) in [5.41, 5.74) is 0.269. The van der Waals surface area contributed by atoms with E-state index >= 15 is 0 Å². The summed E-state index contributed by atoms with van der Waals surface area (Å²) < 4.78 is 29.0. The van der Waals surface area contributed by atoms with Gasteiger partial charge in [-0.25, -0.2) is 13.6 Å². The van der Waals surface area contributed by atoms with E-state index in [1.165, 1.54) is 12.1 Å². The van der Waals surface area contributed by atoms with Crippen LogP contribution in [0.3, 0.4) is 0 Å². The SMILES string of the molecule is NS(=O)(=O)c1cc(C(=O)NC2CC3CCC2O3)ccc1Br. The highest BCUT2D eigenvalue weighted by Crippen LogP contribution is 2.34. The number of primary sulfonamides is 1. The summed E-state index contributed by atoms with van der Waals surface area (Å²) in [5.74, 6) is -0.312. The summed E-state index contributed by atoms with van der Waals surface area (Å²) in [5, 5.41) is 8.04. The summed E-state index contributed by atoms with van der Waals surface area (Å²) in [4.78, 5) is 12.2. The van der Waals surface area contributed by atoms with E-state index in [1.807, 2.05) is 0 Å². The lowest BCUT2D eigenvalue weighted by atomic mass is 9.95. The molecule has 1 aromatic carbocycles. The smallest absolute Gasteiger partial charge is 0.251 e. The van der Waals surface area contributed by atoms with E-state index in [0.717, 1.165) is 19.3 Å². The number of fused-ring (bicyclic) bond motifs is 2. The Bertz CT molecular complexity index is 691. The zero-order valence-corrected chi connectivity index (χ0v) is 13.5. The molecule has 0 radical (unpaired) electrons. The van der Waals surface area contributed by atoms with Crippen molar-refractivity contribution in [1.29, 1.82) is 0 Å². The fraction of sp³-hybridized carbons (Fsp3) is 0.462. The van der Waals surface area contributed by atoms with Gasteiger partial charge in [0.15, 0.2) is 0 Å². The van der Waals surface area contributed by atoms with E-state index in [9.17, 15) is 13.2 Å². The number of carbonyl (C=O) groups is 1. The second-order valence-electron chi connectivity index (χ2n) is 5.38. The van der Waals surface area contributed by atoms with Crippen molar-refractivity contribution in [3.8, 4) is 0 Å². The van der Waals surface area contributed by atoms with Crippen LogP contribution in [-0.2, 0) is 14.8 Å². The molecule has 2 saturated heterocycles. The first kappa shape index (κ1) is 15.0. The molecule has 0 spiro atoms. The Hall–Kier alpha value is -0.960. The lowest BCUT2D eigenvalue weighted by Crippen LogP contribution is -2.41. The molecule has 0 aromatic heterocycles. The van der Waals surface area contributed by atoms with Gasteiger partial charge in [0.05, 0.1) is 23.1 Å². The first-order valence-electron chi connectivity index (χ1n) is 6.63. The Morgan fingerprint density at radius 3 is 2.71 bits per heavy atom. The maximum absolute atomic E-state index is 12.2. The van der Waals surface area contributed by atoms with E-state index < -0.39 is 10.0 Å². The highest BCUT2D eigenvalue weighted by Gasteiger charge is 2.41. The lowest BCUT2D eigenvalue weighted by Gasteiger charge is -2.20. The third kappa shape index (κ3) is 2.98. The lowest BCUT2D eigenvalue weighted by molar-refractivity contribution is 0.0840. The van der Waals surface area contributed by atoms with Crippen molar-refractivity contribution in [2.75, 3.05) is 0 Å². The molecule has 0 saturated carbocycles. The Labute approximate surface area is 131 Å². The molecule has 2 fully saturated rings. The molecule has 8 heteroatoms. The quantitative estimate of drug-likeness (QED) is 0.828. The highest BCUT2D eigenvalue weighted by molar-refractivity contribution is 9.10. The molecule has 3 atom stereocenters. The molecule has 2 aliphatic heterocycles. The summed E-state index contributed by atoms with van der Waals surface area (Å²) in [6.45, 7) is 0. The Kier molecular flexibility index (Phi) is 3.81. The van der Waals surface area contributed by atoms with E-state index in [1.54, 1.807) is 6.07 Å². The van der Waals surface area contributed by atoms with Crippen molar-refractivity contribution in [1.82, 2.24) is 5.32 Å². The van der Waals surface area contributed by atoms with Gasteiger partial charge in [-0.05, 0) is 53.4 Å². The van der Waals surface area contributed by atoms with Gasteiger partial charge in [0.2, 0.25) is 10.0 Å². The Morgan fingerprint density at radius 1 is 1.38 bits per heavy atom. The van der Waals surface area contributed by atoms with Gasteiger partial charge in [-0.15, -0.1) is 0 Å². The van der Waals surface area contributed by atoms with Gasteiger partial charge in [0.25, 0.3) is 5.91 Å². The third-order valence-electron chi connectivity index (χ3n) is 3.92. The number of hydrogen-bond acceptors (Lipinski definition) is 4. The predicted molar refractivity (Wildman–Crippen MR) is 79.3 cm³/mol. The molecular weight excluding hydrogens is 360 g/mol. The maximum atomic E-state index is 12.2. The van der Waals surface area contributed by atoms with Crippen molar-refractivity contribution in [2.24, 2.45) is 5.14 Å². The number of carbonyl (C=O) groups excluding carboxylic acids is 1. The molecule has 2 aliphatic rings. The van der Waals surface area contributed by atoms with Gasteiger partial charge >= 0.3 is 0 Å². The number of hydrogen-bond donors (Lipinski definition) is 2. The van der Waals surface area contributed by atoms with Gasteiger partial charge in [0, 0.05) is 10.0 Å². The van der Waals surface area contributed by atoms with Crippen LogP contribution in [0.25, 0.3) is 0 Å². The van der Waals surface area contributed by atoms with Crippen LogP contribution in [0, 0.1) is 0 Å². The maximum Gasteiger partial charge on any atom is 0.251 e. The summed E-state index contributed by atoms with van der Waals surface area (Å²) in [6.07, 6.45) is 3.13. The second-order valence-corrected chi connectivity index (χ2v) is 7.76. The normalized spacial score (nSPS) is 27.8. The number of ether oxygens (including phenoxy) is 1. The number of sulfonamides is 1. The zero-order valence-electron chi connectivity index (χ0n) is 11.1. The molecule has 3 rings (SSSR count). The average Bonchev–Trinajstić information content (AvgIpc) is 3.00. The van der Waals surface area contributed by atoms with Crippen molar-refractivity contribution in [3.05, 3.63) is 28.2 Å². The highest BCUT2D eigenvalue weighted by atomic mass is 79.9. The predicted octanol–water partition coefficient (Wildman–Crippen LogP) is 1.15. The van der Waals surface area contributed by atoms with Crippen LogP contribution in [0.2, 0.25) is 0 Å². The van der Waals surface area contributed by atoms with Gasteiger partial charge in [-0.3, -0.25) is 4.79 Å². The second kappa shape index (κ2) is 5.35. The molecular formula is C13H15BrN2O4S. The largest absolute Gasteiger partial charge is 0.373 e.